The second-order valence-corrected chi connectivity index (χ2v) is 5.71. The molecule has 0 saturated carbocycles. The van der Waals surface area contributed by atoms with Crippen LogP contribution in [0.25, 0.3) is 10.9 Å². The minimum absolute atomic E-state index is 0.0539. The Balaban J connectivity index is 1.85. The number of fused-ring (bicyclic) bond motifs is 3. The summed E-state index contributed by atoms with van der Waals surface area (Å²) in [7, 11) is 0. The first kappa shape index (κ1) is 14.4. The van der Waals surface area contributed by atoms with Gasteiger partial charge in [-0.25, -0.2) is 0 Å². The third-order valence-electron chi connectivity index (χ3n) is 4.39. The van der Waals surface area contributed by atoms with E-state index < -0.39 is 4.92 Å². The van der Waals surface area contributed by atoms with Gasteiger partial charge in [0.25, 0.3) is 5.69 Å². The molecule has 1 atom stereocenters. The number of nitrogens with one attached hydrogen (secondary N) is 1. The number of rotatable bonds is 2. The summed E-state index contributed by atoms with van der Waals surface area (Å²) in [5, 5.41) is 21.1. The number of benzene rings is 2. The highest BCUT2D eigenvalue weighted by Crippen LogP contribution is 2.37. The molecule has 0 radical (unpaired) electrons. The van der Waals surface area contributed by atoms with Gasteiger partial charge in [-0.05, 0) is 41.8 Å². The zero-order valence-electron chi connectivity index (χ0n) is 12.7. The molecule has 0 bridgehead atoms. The van der Waals surface area contributed by atoms with Gasteiger partial charge in [-0.1, -0.05) is 6.07 Å². The van der Waals surface area contributed by atoms with E-state index in [-0.39, 0.29) is 11.8 Å². The van der Waals surface area contributed by atoms with Crippen LogP contribution in [-0.2, 0) is 11.2 Å². The molecule has 2 aromatic carbocycles. The molecule has 0 spiro atoms. The number of nitro benzene ring substituents is 1. The molecule has 0 saturated heterocycles. The quantitative estimate of drug-likeness (QED) is 0.577. The average molecular weight is 319 g/mol. The number of non-ortho nitro benzene ring substituents is 1. The van der Waals surface area contributed by atoms with Crippen LogP contribution in [0.15, 0.2) is 42.5 Å². The smallest absolute Gasteiger partial charge is 0.269 e. The molecule has 2 heterocycles. The Morgan fingerprint density at radius 1 is 1.25 bits per heavy atom. The fourth-order valence-electron chi connectivity index (χ4n) is 3.31. The van der Waals surface area contributed by atoms with Crippen molar-refractivity contribution in [3.05, 3.63) is 75.0 Å². The number of aromatic nitrogens is 1. The number of nitriles is 1. The van der Waals surface area contributed by atoms with Gasteiger partial charge in [0.05, 0.1) is 28.9 Å². The second kappa shape index (κ2) is 5.48. The monoisotopic (exact) mass is 319 g/mol. The highest BCUT2D eigenvalue weighted by atomic mass is 16.6. The van der Waals surface area contributed by atoms with Crippen molar-refractivity contribution in [1.29, 1.82) is 5.26 Å². The van der Waals surface area contributed by atoms with E-state index in [9.17, 15) is 15.4 Å². The molecule has 1 aliphatic rings. The number of aromatic amines is 1. The Morgan fingerprint density at radius 3 is 2.75 bits per heavy atom. The maximum Gasteiger partial charge on any atom is 0.269 e. The molecule has 1 aromatic heterocycles. The summed E-state index contributed by atoms with van der Waals surface area (Å²) >= 11 is 0. The number of H-pyrrole nitrogens is 1. The minimum Gasteiger partial charge on any atom is -0.367 e. The summed E-state index contributed by atoms with van der Waals surface area (Å²) in [5.41, 5.74) is 4.49. The Kier molecular flexibility index (Phi) is 3.29. The standard InChI is InChI=1S/C18H13N3O3/c19-10-12-2-1-3-15-16(12)14-8-9-24-18(17(14)20-15)11-4-6-13(7-5-11)21(22)23/h1-7,18,20H,8-9H2. The second-order valence-electron chi connectivity index (χ2n) is 5.71. The lowest BCUT2D eigenvalue weighted by Crippen LogP contribution is -2.17. The van der Waals surface area contributed by atoms with Crippen LogP contribution in [0.1, 0.15) is 28.5 Å². The van der Waals surface area contributed by atoms with Crippen molar-refractivity contribution in [3.63, 3.8) is 0 Å². The number of hydrogen-bond donors (Lipinski definition) is 1. The summed E-state index contributed by atoms with van der Waals surface area (Å²) in [5.74, 6) is 0. The maximum atomic E-state index is 10.8. The molecule has 1 N–H and O–H groups in total. The fourth-order valence-corrected chi connectivity index (χ4v) is 3.31. The summed E-state index contributed by atoms with van der Waals surface area (Å²) in [6.07, 6.45) is 0.422. The van der Waals surface area contributed by atoms with Gasteiger partial charge in [-0.2, -0.15) is 5.26 Å². The molecule has 118 valence electrons. The first-order valence-electron chi connectivity index (χ1n) is 7.58. The summed E-state index contributed by atoms with van der Waals surface area (Å²) in [6, 6.07) is 14.3. The first-order chi connectivity index (χ1) is 11.7. The molecule has 4 rings (SSSR count). The van der Waals surface area contributed by atoms with Crippen LogP contribution < -0.4 is 0 Å². The predicted molar refractivity (Wildman–Crippen MR) is 87.6 cm³/mol. The molecule has 6 heteroatoms. The lowest BCUT2D eigenvalue weighted by molar-refractivity contribution is -0.384. The van der Waals surface area contributed by atoms with Gasteiger partial charge in [0, 0.05) is 23.0 Å². The van der Waals surface area contributed by atoms with Gasteiger partial charge >= 0.3 is 0 Å². The van der Waals surface area contributed by atoms with Gasteiger partial charge in [0.1, 0.15) is 6.10 Å². The normalized spacial score (nSPS) is 16.5. The number of nitro groups is 1. The Morgan fingerprint density at radius 2 is 2.04 bits per heavy atom. The third kappa shape index (κ3) is 2.14. The van der Waals surface area contributed by atoms with Crippen LogP contribution >= 0.6 is 0 Å². The zero-order valence-corrected chi connectivity index (χ0v) is 12.7. The molecular formula is C18H13N3O3. The van der Waals surface area contributed by atoms with Crippen LogP contribution in [-0.4, -0.2) is 16.5 Å². The summed E-state index contributed by atoms with van der Waals surface area (Å²) < 4.78 is 5.91. The van der Waals surface area contributed by atoms with Crippen LogP contribution in [0.5, 0.6) is 0 Å². The Hall–Kier alpha value is -3.17. The van der Waals surface area contributed by atoms with Crippen LogP contribution in [0, 0.1) is 21.4 Å². The molecule has 24 heavy (non-hydrogen) atoms. The predicted octanol–water partition coefficient (Wildman–Crippen LogP) is 3.61. The average Bonchev–Trinajstić information content (AvgIpc) is 3.00. The summed E-state index contributed by atoms with van der Waals surface area (Å²) in [4.78, 5) is 13.8. The lowest BCUT2D eigenvalue weighted by atomic mass is 9.96. The van der Waals surface area contributed by atoms with E-state index in [4.69, 9.17) is 4.74 Å². The van der Waals surface area contributed by atoms with Crippen LogP contribution in [0.3, 0.4) is 0 Å². The van der Waals surface area contributed by atoms with E-state index in [0.29, 0.717) is 12.2 Å². The zero-order chi connectivity index (χ0) is 16.7. The van der Waals surface area contributed by atoms with Gasteiger partial charge in [0.2, 0.25) is 0 Å². The third-order valence-corrected chi connectivity index (χ3v) is 4.39. The van der Waals surface area contributed by atoms with E-state index in [2.05, 4.69) is 11.1 Å². The van der Waals surface area contributed by atoms with Gasteiger partial charge in [0.15, 0.2) is 0 Å². The highest BCUT2D eigenvalue weighted by Gasteiger charge is 2.27. The highest BCUT2D eigenvalue weighted by molar-refractivity contribution is 5.90. The molecule has 1 unspecified atom stereocenters. The topological polar surface area (TPSA) is 92.0 Å². The fraction of sp³-hybridized carbons (Fsp3) is 0.167. The van der Waals surface area contributed by atoms with Crippen molar-refractivity contribution < 1.29 is 9.66 Å². The Bertz CT molecular complexity index is 983. The Labute approximate surface area is 137 Å². The van der Waals surface area contributed by atoms with E-state index in [1.165, 1.54) is 12.1 Å². The van der Waals surface area contributed by atoms with Crippen molar-refractivity contribution in [1.82, 2.24) is 4.98 Å². The molecule has 6 nitrogen and oxygen atoms in total. The maximum absolute atomic E-state index is 10.8. The van der Waals surface area contributed by atoms with Crippen LogP contribution in [0.2, 0.25) is 0 Å². The molecule has 0 amide bonds. The van der Waals surface area contributed by atoms with E-state index in [0.717, 1.165) is 34.1 Å². The minimum atomic E-state index is -0.418. The van der Waals surface area contributed by atoms with E-state index >= 15 is 0 Å². The number of hydrogen-bond acceptors (Lipinski definition) is 4. The SMILES string of the molecule is N#Cc1cccc2[nH]c3c(c12)CCOC3c1ccc([N+](=O)[O-])cc1. The van der Waals surface area contributed by atoms with Crippen molar-refractivity contribution in [2.24, 2.45) is 0 Å². The summed E-state index contributed by atoms with van der Waals surface area (Å²) in [6.45, 7) is 0.543. The molecule has 1 aliphatic heterocycles. The first-order valence-corrected chi connectivity index (χ1v) is 7.58. The van der Waals surface area contributed by atoms with Gasteiger partial charge in [-0.3, -0.25) is 10.1 Å². The number of nitrogens with zero attached hydrogens (tertiary/aromatic N) is 2. The largest absolute Gasteiger partial charge is 0.367 e. The molecule has 3 aromatic rings. The van der Waals surface area contributed by atoms with Gasteiger partial charge in [-0.15, -0.1) is 0 Å². The molecular weight excluding hydrogens is 306 g/mol. The molecule has 0 aliphatic carbocycles. The van der Waals surface area contributed by atoms with Crippen molar-refractivity contribution in [2.75, 3.05) is 6.61 Å². The lowest BCUT2D eigenvalue weighted by Gasteiger charge is -2.23. The van der Waals surface area contributed by atoms with Gasteiger partial charge < -0.3 is 9.72 Å². The number of ether oxygens (including phenoxy) is 1. The van der Waals surface area contributed by atoms with Crippen molar-refractivity contribution in [3.8, 4) is 6.07 Å². The van der Waals surface area contributed by atoms with Crippen molar-refractivity contribution >= 4 is 16.6 Å². The van der Waals surface area contributed by atoms with E-state index in [1.807, 2.05) is 18.2 Å². The van der Waals surface area contributed by atoms with Crippen molar-refractivity contribution in [2.45, 2.75) is 12.5 Å². The molecule has 0 fully saturated rings. The van der Waals surface area contributed by atoms with Crippen LogP contribution in [0.4, 0.5) is 5.69 Å². The van der Waals surface area contributed by atoms with E-state index in [1.54, 1.807) is 12.1 Å².